The molecular weight excluding hydrogens is 421 g/mol. The van der Waals surface area contributed by atoms with Crippen molar-refractivity contribution in [3.8, 4) is 0 Å². The minimum Gasteiger partial charge on any atom is -0.469 e. The first kappa shape index (κ1) is 21.2. The van der Waals surface area contributed by atoms with Gasteiger partial charge in [-0.05, 0) is 32.4 Å². The lowest BCUT2D eigenvalue weighted by Gasteiger charge is -2.22. The van der Waals surface area contributed by atoms with Crippen molar-refractivity contribution in [2.75, 3.05) is 26.3 Å². The third kappa shape index (κ3) is 7.40. The lowest BCUT2D eigenvalue weighted by Crippen LogP contribution is -2.43. The van der Waals surface area contributed by atoms with E-state index in [1.54, 1.807) is 6.26 Å². The summed E-state index contributed by atoms with van der Waals surface area (Å²) in [6.45, 7) is 9.04. The summed E-state index contributed by atoms with van der Waals surface area (Å²) in [5.74, 6) is 1.31. The summed E-state index contributed by atoms with van der Waals surface area (Å²) in [5.41, 5.74) is 0. The van der Waals surface area contributed by atoms with Crippen molar-refractivity contribution in [2.24, 2.45) is 4.99 Å². The molecule has 138 valence electrons. The normalized spacial score (nSPS) is 18.0. The fraction of sp³-hybridized carbons (Fsp3) is 0.706. The van der Waals surface area contributed by atoms with Gasteiger partial charge in [0.25, 0.3) is 0 Å². The Balaban J connectivity index is 0.00000288. The molecule has 6 nitrogen and oxygen atoms in total. The van der Waals surface area contributed by atoms with E-state index < -0.39 is 5.79 Å². The third-order valence-corrected chi connectivity index (χ3v) is 3.97. The summed E-state index contributed by atoms with van der Waals surface area (Å²) in [4.78, 5) is 4.64. The predicted molar refractivity (Wildman–Crippen MR) is 106 cm³/mol. The topological polar surface area (TPSA) is 68.0 Å². The smallest absolute Gasteiger partial charge is 0.191 e. The number of halogens is 1. The predicted octanol–water partition coefficient (Wildman–Crippen LogP) is 2.93. The Bertz CT molecular complexity index is 473. The molecule has 0 aromatic carbocycles. The summed E-state index contributed by atoms with van der Waals surface area (Å²) >= 11 is 0. The van der Waals surface area contributed by atoms with Gasteiger partial charge in [-0.3, -0.25) is 4.99 Å². The summed E-state index contributed by atoms with van der Waals surface area (Å²) in [5, 5.41) is 6.77. The van der Waals surface area contributed by atoms with E-state index >= 15 is 0 Å². The minimum absolute atomic E-state index is 0. The van der Waals surface area contributed by atoms with Gasteiger partial charge >= 0.3 is 0 Å². The lowest BCUT2D eigenvalue weighted by atomic mass is 10.2. The number of ether oxygens (including phenoxy) is 2. The van der Waals surface area contributed by atoms with Crippen LogP contribution in [0, 0.1) is 0 Å². The zero-order valence-electron chi connectivity index (χ0n) is 14.8. The highest BCUT2D eigenvalue weighted by Crippen LogP contribution is 2.22. The molecule has 2 rings (SSSR count). The van der Waals surface area contributed by atoms with Gasteiger partial charge in [0.15, 0.2) is 11.7 Å². The van der Waals surface area contributed by atoms with Crippen molar-refractivity contribution < 1.29 is 13.9 Å². The second-order valence-corrected chi connectivity index (χ2v) is 6.02. The van der Waals surface area contributed by atoms with Crippen molar-refractivity contribution in [1.29, 1.82) is 0 Å². The molecule has 1 aliphatic heterocycles. The van der Waals surface area contributed by atoms with E-state index in [1.807, 2.05) is 19.1 Å². The Kier molecular flexibility index (Phi) is 9.68. The molecule has 1 aromatic rings. The van der Waals surface area contributed by atoms with E-state index in [4.69, 9.17) is 13.9 Å². The molecule has 1 unspecified atom stereocenters. The van der Waals surface area contributed by atoms with Crippen molar-refractivity contribution in [3.05, 3.63) is 24.2 Å². The largest absolute Gasteiger partial charge is 0.469 e. The molecule has 0 bridgehead atoms. The minimum atomic E-state index is -0.487. The zero-order valence-corrected chi connectivity index (χ0v) is 17.2. The van der Waals surface area contributed by atoms with Gasteiger partial charge in [-0.25, -0.2) is 0 Å². The van der Waals surface area contributed by atoms with Crippen LogP contribution in [-0.2, 0) is 15.9 Å². The van der Waals surface area contributed by atoms with Gasteiger partial charge in [0.2, 0.25) is 0 Å². The Morgan fingerprint density at radius 3 is 2.75 bits per heavy atom. The molecular formula is C17H30IN3O3. The number of hydrogen-bond donors (Lipinski definition) is 2. The number of furan rings is 1. The zero-order chi connectivity index (χ0) is 16.5. The van der Waals surface area contributed by atoms with Gasteiger partial charge in [-0.1, -0.05) is 6.92 Å². The fourth-order valence-corrected chi connectivity index (χ4v) is 2.32. The van der Waals surface area contributed by atoms with Crippen LogP contribution in [0.4, 0.5) is 0 Å². The van der Waals surface area contributed by atoms with Gasteiger partial charge in [-0.2, -0.15) is 0 Å². The molecule has 0 radical (unpaired) electrons. The molecule has 0 spiro atoms. The highest BCUT2D eigenvalue weighted by Gasteiger charge is 2.30. The summed E-state index contributed by atoms with van der Waals surface area (Å²) in [6, 6.07) is 4.26. The summed E-state index contributed by atoms with van der Waals surface area (Å²) in [6.07, 6.45) is 4.32. The standard InChI is InChI=1S/C17H29N3O3.HI/c1-4-14(2)20-16(18-9-7-15-6-5-11-21-15)19-10-8-17(3)22-12-13-23-17;/h5-6,11,14H,4,7-10,12-13H2,1-3H3,(H2,18,19,20);1H. The van der Waals surface area contributed by atoms with E-state index in [0.29, 0.717) is 25.8 Å². The number of hydrogen-bond acceptors (Lipinski definition) is 4. The number of guanidine groups is 1. The molecule has 0 amide bonds. The number of aliphatic imine (C=N–C) groups is 1. The second kappa shape index (κ2) is 10.9. The molecule has 24 heavy (non-hydrogen) atoms. The van der Waals surface area contributed by atoms with Crippen LogP contribution in [0.2, 0.25) is 0 Å². The first-order valence-electron chi connectivity index (χ1n) is 8.46. The fourth-order valence-electron chi connectivity index (χ4n) is 2.32. The van der Waals surface area contributed by atoms with Crippen LogP contribution in [0.3, 0.4) is 0 Å². The van der Waals surface area contributed by atoms with E-state index in [0.717, 1.165) is 37.5 Å². The summed E-state index contributed by atoms with van der Waals surface area (Å²) < 4.78 is 16.6. The Morgan fingerprint density at radius 2 is 2.12 bits per heavy atom. The SMILES string of the molecule is CCC(C)NC(=NCCC1(C)OCCO1)NCCc1ccco1.I. The number of nitrogens with zero attached hydrogens (tertiary/aromatic N) is 1. The van der Waals surface area contributed by atoms with Gasteiger partial charge in [0, 0.05) is 32.0 Å². The van der Waals surface area contributed by atoms with Gasteiger partial charge < -0.3 is 24.5 Å². The van der Waals surface area contributed by atoms with E-state index in [2.05, 4.69) is 29.5 Å². The molecule has 1 aliphatic rings. The molecule has 2 N–H and O–H groups in total. The first-order chi connectivity index (χ1) is 11.1. The second-order valence-electron chi connectivity index (χ2n) is 6.02. The van der Waals surface area contributed by atoms with E-state index in [1.165, 1.54) is 0 Å². The lowest BCUT2D eigenvalue weighted by molar-refractivity contribution is -0.144. The highest BCUT2D eigenvalue weighted by molar-refractivity contribution is 14.0. The maximum atomic E-state index is 5.61. The molecule has 1 fully saturated rings. The van der Waals surface area contributed by atoms with Crippen molar-refractivity contribution in [1.82, 2.24) is 10.6 Å². The number of nitrogens with one attached hydrogen (secondary N) is 2. The van der Waals surface area contributed by atoms with Crippen LogP contribution >= 0.6 is 24.0 Å². The quantitative estimate of drug-likeness (QED) is 0.362. The molecule has 1 saturated heterocycles. The van der Waals surface area contributed by atoms with Crippen LogP contribution in [0.5, 0.6) is 0 Å². The van der Waals surface area contributed by atoms with Crippen molar-refractivity contribution >= 4 is 29.9 Å². The average Bonchev–Trinajstić information content (AvgIpc) is 3.19. The molecule has 0 aliphatic carbocycles. The third-order valence-electron chi connectivity index (χ3n) is 3.97. The molecule has 2 heterocycles. The van der Waals surface area contributed by atoms with Crippen LogP contribution in [-0.4, -0.2) is 44.1 Å². The maximum Gasteiger partial charge on any atom is 0.191 e. The van der Waals surface area contributed by atoms with Gasteiger partial charge in [0.05, 0.1) is 19.5 Å². The molecule has 1 atom stereocenters. The molecule has 1 aromatic heterocycles. The molecule has 0 saturated carbocycles. The van der Waals surface area contributed by atoms with Gasteiger partial charge in [0.1, 0.15) is 5.76 Å². The first-order valence-corrected chi connectivity index (χ1v) is 8.46. The maximum absolute atomic E-state index is 5.61. The number of rotatable bonds is 8. The van der Waals surface area contributed by atoms with Crippen LogP contribution in [0.25, 0.3) is 0 Å². The highest BCUT2D eigenvalue weighted by atomic mass is 127. The molecule has 7 heteroatoms. The van der Waals surface area contributed by atoms with Crippen LogP contribution in [0.15, 0.2) is 27.8 Å². The van der Waals surface area contributed by atoms with Crippen molar-refractivity contribution in [3.63, 3.8) is 0 Å². The summed E-state index contributed by atoms with van der Waals surface area (Å²) in [7, 11) is 0. The Morgan fingerprint density at radius 1 is 1.38 bits per heavy atom. The van der Waals surface area contributed by atoms with Crippen LogP contribution in [0.1, 0.15) is 39.4 Å². The Labute approximate surface area is 161 Å². The average molecular weight is 451 g/mol. The van der Waals surface area contributed by atoms with E-state index in [9.17, 15) is 0 Å². The van der Waals surface area contributed by atoms with Crippen LogP contribution < -0.4 is 10.6 Å². The van der Waals surface area contributed by atoms with Crippen molar-refractivity contribution in [2.45, 2.75) is 51.9 Å². The van der Waals surface area contributed by atoms with Gasteiger partial charge in [-0.15, -0.1) is 24.0 Å². The Hall–Kier alpha value is -0.800. The van der Waals surface area contributed by atoms with E-state index in [-0.39, 0.29) is 24.0 Å². The monoisotopic (exact) mass is 451 g/mol.